The van der Waals surface area contributed by atoms with E-state index in [1.165, 1.54) is 14.2 Å². The van der Waals surface area contributed by atoms with Crippen LogP contribution in [0.2, 0.25) is 0 Å². The fourth-order valence-corrected chi connectivity index (χ4v) is 4.01. The van der Waals surface area contributed by atoms with Crippen molar-refractivity contribution in [2.45, 2.75) is 44.1 Å². The number of carbonyl (C=O) groups is 2. The van der Waals surface area contributed by atoms with Crippen LogP contribution in [-0.2, 0) is 14.3 Å². The van der Waals surface area contributed by atoms with Gasteiger partial charge < -0.3 is 25.3 Å². The van der Waals surface area contributed by atoms with Crippen LogP contribution in [0.15, 0.2) is 29.7 Å². The molecular formula is C21H25N3O5. The van der Waals surface area contributed by atoms with Gasteiger partial charge >= 0.3 is 5.97 Å². The number of ether oxygens (including phenoxy) is 3. The molecule has 29 heavy (non-hydrogen) atoms. The van der Waals surface area contributed by atoms with Crippen molar-refractivity contribution in [3.05, 3.63) is 35.2 Å². The summed E-state index contributed by atoms with van der Waals surface area (Å²) in [6.07, 6.45) is 4.99. The number of nitrogens with two attached hydrogens (primary N) is 1. The van der Waals surface area contributed by atoms with Gasteiger partial charge in [-0.15, -0.1) is 0 Å². The normalized spacial score (nSPS) is 21.8. The summed E-state index contributed by atoms with van der Waals surface area (Å²) in [6.45, 7) is 0. The summed E-state index contributed by atoms with van der Waals surface area (Å²) in [7, 11) is 2.77. The van der Waals surface area contributed by atoms with Gasteiger partial charge in [0.05, 0.1) is 26.2 Å². The largest absolute Gasteiger partial charge is 0.493 e. The van der Waals surface area contributed by atoms with Crippen LogP contribution in [0.1, 0.15) is 43.6 Å². The maximum Gasteiger partial charge on any atom is 0.345 e. The molecule has 3 rings (SSSR count). The Kier molecular flexibility index (Phi) is 6.27. The van der Waals surface area contributed by atoms with Crippen LogP contribution in [0, 0.1) is 17.2 Å². The molecule has 8 nitrogen and oxygen atoms in total. The van der Waals surface area contributed by atoms with Crippen LogP contribution in [0.25, 0.3) is 0 Å². The Labute approximate surface area is 169 Å². The number of benzene rings is 1. The Morgan fingerprint density at radius 3 is 2.66 bits per heavy atom. The van der Waals surface area contributed by atoms with Gasteiger partial charge in [0, 0.05) is 11.6 Å². The molecule has 1 aliphatic heterocycles. The van der Waals surface area contributed by atoms with Gasteiger partial charge in [-0.1, -0.05) is 31.4 Å². The van der Waals surface area contributed by atoms with E-state index >= 15 is 0 Å². The van der Waals surface area contributed by atoms with E-state index in [1.54, 1.807) is 18.2 Å². The van der Waals surface area contributed by atoms with E-state index in [0.717, 1.165) is 32.1 Å². The number of hydrogen-bond donors (Lipinski definition) is 2. The predicted molar refractivity (Wildman–Crippen MR) is 104 cm³/mol. The van der Waals surface area contributed by atoms with Crippen LogP contribution in [0.3, 0.4) is 0 Å². The standard InChI is InChI=1S/C21H25N3O5/c1-27-15-10-6-9-13-16(17(19(23)28-2)21(26)29-18(13)15)14(11-22)20(25)24-12-7-4-3-5-8-12/h6,9-10,12,14,16H,3-5,7-8,23H2,1-2H3,(H,24,25)/b19-17+. The van der Waals surface area contributed by atoms with E-state index in [1.807, 2.05) is 0 Å². The Hall–Kier alpha value is -3.21. The molecule has 0 bridgehead atoms. The fraction of sp³-hybridized carbons (Fsp3) is 0.476. The zero-order chi connectivity index (χ0) is 21.0. The number of hydrogen-bond acceptors (Lipinski definition) is 7. The van der Waals surface area contributed by atoms with Gasteiger partial charge in [-0.3, -0.25) is 4.79 Å². The predicted octanol–water partition coefficient (Wildman–Crippen LogP) is 2.10. The van der Waals surface area contributed by atoms with E-state index in [9.17, 15) is 14.9 Å². The molecule has 1 amide bonds. The summed E-state index contributed by atoms with van der Waals surface area (Å²) in [5, 5.41) is 12.9. The second kappa shape index (κ2) is 8.86. The molecule has 0 saturated heterocycles. The van der Waals surface area contributed by atoms with Crippen molar-refractivity contribution in [3.8, 4) is 17.6 Å². The van der Waals surface area contributed by atoms with Gasteiger partial charge in [0.15, 0.2) is 17.4 Å². The number of fused-ring (bicyclic) bond motifs is 1. The second-order valence-electron chi connectivity index (χ2n) is 7.18. The molecule has 8 heteroatoms. The van der Waals surface area contributed by atoms with E-state index in [-0.39, 0.29) is 23.2 Å². The van der Waals surface area contributed by atoms with Crippen LogP contribution in [-0.4, -0.2) is 32.1 Å². The number of para-hydroxylation sites is 1. The zero-order valence-electron chi connectivity index (χ0n) is 16.6. The molecule has 1 fully saturated rings. The van der Waals surface area contributed by atoms with Crippen molar-refractivity contribution in [1.82, 2.24) is 5.32 Å². The summed E-state index contributed by atoms with van der Waals surface area (Å²) in [5.74, 6) is -2.98. The van der Waals surface area contributed by atoms with E-state index in [4.69, 9.17) is 19.9 Å². The Morgan fingerprint density at radius 2 is 2.03 bits per heavy atom. The minimum Gasteiger partial charge on any atom is -0.493 e. The SMILES string of the molecule is CO/C(N)=C1/C(=O)Oc2c(OC)cccc2C1C(C#N)C(=O)NC1CCCCC1. The number of esters is 1. The highest BCUT2D eigenvalue weighted by atomic mass is 16.6. The van der Waals surface area contributed by atoms with Gasteiger partial charge in [-0.05, 0) is 18.9 Å². The highest BCUT2D eigenvalue weighted by Gasteiger charge is 2.44. The lowest BCUT2D eigenvalue weighted by Gasteiger charge is -2.31. The third-order valence-corrected chi connectivity index (χ3v) is 5.48. The van der Waals surface area contributed by atoms with Crippen LogP contribution >= 0.6 is 0 Å². The maximum atomic E-state index is 13.0. The van der Waals surface area contributed by atoms with Crippen molar-refractivity contribution in [3.63, 3.8) is 0 Å². The molecule has 1 aliphatic carbocycles. The highest BCUT2D eigenvalue weighted by molar-refractivity contribution is 5.97. The Morgan fingerprint density at radius 1 is 1.31 bits per heavy atom. The van der Waals surface area contributed by atoms with Crippen molar-refractivity contribution in [2.75, 3.05) is 14.2 Å². The Balaban J connectivity index is 2.05. The number of amides is 1. The lowest BCUT2D eigenvalue weighted by atomic mass is 9.78. The molecule has 1 aromatic carbocycles. The molecule has 3 N–H and O–H groups in total. The number of nitrogens with one attached hydrogen (secondary N) is 1. The zero-order valence-corrected chi connectivity index (χ0v) is 16.6. The van der Waals surface area contributed by atoms with Crippen LogP contribution in [0.4, 0.5) is 0 Å². The van der Waals surface area contributed by atoms with Crippen LogP contribution in [0.5, 0.6) is 11.5 Å². The van der Waals surface area contributed by atoms with Crippen LogP contribution < -0.4 is 20.5 Å². The number of carbonyl (C=O) groups excluding carboxylic acids is 2. The van der Waals surface area contributed by atoms with Gasteiger partial charge in [0.2, 0.25) is 5.91 Å². The van der Waals surface area contributed by atoms with Crippen molar-refractivity contribution in [1.29, 1.82) is 5.26 Å². The van der Waals surface area contributed by atoms with E-state index in [0.29, 0.717) is 11.3 Å². The molecule has 2 unspecified atom stereocenters. The first-order chi connectivity index (χ1) is 14.0. The molecule has 1 heterocycles. The summed E-state index contributed by atoms with van der Waals surface area (Å²) in [5.41, 5.74) is 6.35. The Bertz CT molecular complexity index is 868. The molecule has 0 aromatic heterocycles. The lowest BCUT2D eigenvalue weighted by molar-refractivity contribution is -0.132. The van der Waals surface area contributed by atoms with Crippen molar-refractivity contribution < 1.29 is 23.8 Å². The minimum absolute atomic E-state index is 0.0274. The smallest absolute Gasteiger partial charge is 0.345 e. The quantitative estimate of drug-likeness (QED) is 0.336. The average Bonchev–Trinajstić information content (AvgIpc) is 2.74. The molecule has 0 spiro atoms. The van der Waals surface area contributed by atoms with E-state index in [2.05, 4.69) is 11.4 Å². The minimum atomic E-state index is -1.18. The highest BCUT2D eigenvalue weighted by Crippen LogP contribution is 2.46. The first-order valence-electron chi connectivity index (χ1n) is 9.64. The molecule has 0 radical (unpaired) electrons. The fourth-order valence-electron chi connectivity index (χ4n) is 4.01. The molecule has 1 aromatic rings. The second-order valence-corrected chi connectivity index (χ2v) is 7.18. The maximum absolute atomic E-state index is 13.0. The monoisotopic (exact) mass is 399 g/mol. The molecule has 2 atom stereocenters. The first kappa shape index (κ1) is 20.5. The molecule has 1 saturated carbocycles. The van der Waals surface area contributed by atoms with Gasteiger partial charge in [0.25, 0.3) is 0 Å². The number of nitriles is 1. The number of nitrogens with zero attached hydrogens (tertiary/aromatic N) is 1. The summed E-state index contributed by atoms with van der Waals surface area (Å²) < 4.78 is 15.8. The average molecular weight is 399 g/mol. The number of rotatable bonds is 5. The summed E-state index contributed by atoms with van der Waals surface area (Å²) in [4.78, 5) is 25.8. The van der Waals surface area contributed by atoms with Crippen molar-refractivity contribution >= 4 is 11.9 Å². The topological polar surface area (TPSA) is 124 Å². The van der Waals surface area contributed by atoms with Crippen molar-refractivity contribution in [2.24, 2.45) is 11.7 Å². The summed E-state index contributed by atoms with van der Waals surface area (Å²) >= 11 is 0. The summed E-state index contributed by atoms with van der Waals surface area (Å²) in [6, 6.07) is 7.13. The third kappa shape index (κ3) is 3.99. The van der Waals surface area contributed by atoms with Gasteiger partial charge in [-0.25, -0.2) is 4.79 Å². The van der Waals surface area contributed by atoms with Gasteiger partial charge in [0.1, 0.15) is 11.5 Å². The molecule has 2 aliphatic rings. The lowest BCUT2D eigenvalue weighted by Crippen LogP contribution is -2.43. The van der Waals surface area contributed by atoms with Gasteiger partial charge in [-0.2, -0.15) is 5.26 Å². The number of methoxy groups -OCH3 is 2. The van der Waals surface area contributed by atoms with E-state index < -0.39 is 23.7 Å². The third-order valence-electron chi connectivity index (χ3n) is 5.48. The first-order valence-corrected chi connectivity index (χ1v) is 9.64. The molecular weight excluding hydrogens is 374 g/mol. The molecule has 154 valence electrons.